The fourth-order valence-corrected chi connectivity index (χ4v) is 1.65. The average Bonchev–Trinajstić information content (AvgIpc) is 2.41. The van der Waals surface area contributed by atoms with Gasteiger partial charge in [0.05, 0.1) is 12.8 Å². The average molecular weight is 259 g/mol. The van der Waals surface area contributed by atoms with E-state index in [0.29, 0.717) is 11.4 Å². The van der Waals surface area contributed by atoms with Crippen LogP contribution in [0.3, 0.4) is 0 Å². The van der Waals surface area contributed by atoms with Crippen LogP contribution in [0.1, 0.15) is 0 Å². The topological polar surface area (TPSA) is 87.2 Å². The monoisotopic (exact) mass is 259 g/mol. The predicted molar refractivity (Wildman–Crippen MR) is 69.7 cm³/mol. The number of aromatic nitrogens is 2. The van der Waals surface area contributed by atoms with Gasteiger partial charge in [0.15, 0.2) is 0 Å². The number of nitrogens with two attached hydrogens (primary N) is 1. The van der Waals surface area contributed by atoms with Gasteiger partial charge in [-0.25, -0.2) is 4.68 Å². The first-order valence-electron chi connectivity index (χ1n) is 5.61. The molecule has 98 valence electrons. The maximum Gasteiger partial charge on any atom is 0.267 e. The zero-order valence-corrected chi connectivity index (χ0v) is 10.4. The van der Waals surface area contributed by atoms with Crippen molar-refractivity contribution in [3.05, 3.63) is 46.8 Å². The third kappa shape index (κ3) is 2.98. The van der Waals surface area contributed by atoms with E-state index in [1.54, 1.807) is 19.2 Å². The van der Waals surface area contributed by atoms with E-state index in [1.165, 1.54) is 6.07 Å². The Morgan fingerprint density at radius 3 is 2.84 bits per heavy atom. The summed E-state index contributed by atoms with van der Waals surface area (Å²) in [6, 6.07) is 10.2. The number of carbonyl (C=O) groups is 1. The third-order valence-corrected chi connectivity index (χ3v) is 2.54. The Labute approximate surface area is 109 Å². The fraction of sp³-hybridized carbons (Fsp3) is 0.154. The van der Waals surface area contributed by atoms with E-state index in [-0.39, 0.29) is 12.1 Å². The van der Waals surface area contributed by atoms with E-state index < -0.39 is 5.91 Å². The second-order valence-electron chi connectivity index (χ2n) is 3.91. The lowest BCUT2D eigenvalue weighted by atomic mass is 10.1. The molecule has 1 amide bonds. The summed E-state index contributed by atoms with van der Waals surface area (Å²) >= 11 is 0. The molecule has 1 heterocycles. The minimum atomic E-state index is -0.614. The van der Waals surface area contributed by atoms with Crippen LogP contribution in [0.15, 0.2) is 41.2 Å². The highest BCUT2D eigenvalue weighted by atomic mass is 16.5. The van der Waals surface area contributed by atoms with Crippen molar-refractivity contribution in [1.29, 1.82) is 0 Å². The van der Waals surface area contributed by atoms with Gasteiger partial charge in [-0.05, 0) is 18.2 Å². The number of amides is 1. The number of rotatable bonds is 4. The lowest BCUT2D eigenvalue weighted by molar-refractivity contribution is -0.118. The maximum absolute atomic E-state index is 11.5. The molecular formula is C13H13N3O3. The predicted octanol–water partition coefficient (Wildman–Crippen LogP) is 0.404. The van der Waals surface area contributed by atoms with Crippen molar-refractivity contribution in [2.24, 2.45) is 5.73 Å². The first kappa shape index (κ1) is 12.8. The van der Waals surface area contributed by atoms with Gasteiger partial charge in [0.1, 0.15) is 12.3 Å². The van der Waals surface area contributed by atoms with Crippen LogP contribution in [-0.2, 0) is 11.3 Å². The van der Waals surface area contributed by atoms with Crippen LogP contribution in [0.4, 0.5) is 0 Å². The molecule has 0 aliphatic heterocycles. The molecule has 0 aliphatic rings. The van der Waals surface area contributed by atoms with Gasteiger partial charge in [0.25, 0.3) is 5.56 Å². The molecule has 0 atom stereocenters. The molecule has 0 spiro atoms. The highest BCUT2D eigenvalue weighted by Gasteiger charge is 2.06. The Morgan fingerprint density at radius 2 is 2.16 bits per heavy atom. The first-order chi connectivity index (χ1) is 9.10. The third-order valence-electron chi connectivity index (χ3n) is 2.54. The molecule has 2 N–H and O–H groups in total. The summed E-state index contributed by atoms with van der Waals surface area (Å²) in [7, 11) is 1.57. The Morgan fingerprint density at radius 1 is 1.37 bits per heavy atom. The zero-order valence-electron chi connectivity index (χ0n) is 10.4. The van der Waals surface area contributed by atoms with Crippen LogP contribution in [0.2, 0.25) is 0 Å². The highest BCUT2D eigenvalue weighted by Crippen LogP contribution is 2.20. The summed E-state index contributed by atoms with van der Waals surface area (Å²) in [4.78, 5) is 22.4. The second kappa shape index (κ2) is 5.34. The zero-order chi connectivity index (χ0) is 13.8. The maximum atomic E-state index is 11.5. The number of carbonyl (C=O) groups excluding carboxylic acids is 1. The standard InChI is InChI=1S/C13H13N3O3/c1-19-10-4-2-3-9(7-10)11-5-6-13(18)16(15-11)8-12(14)17/h2-7H,8H2,1H3,(H2,14,17). The molecule has 0 fully saturated rings. The van der Waals surface area contributed by atoms with Gasteiger partial charge in [-0.15, -0.1) is 0 Å². The number of nitrogens with zero attached hydrogens (tertiary/aromatic N) is 2. The Bertz CT molecular complexity index is 664. The van der Waals surface area contributed by atoms with E-state index in [2.05, 4.69) is 5.10 Å². The quantitative estimate of drug-likeness (QED) is 0.861. The van der Waals surface area contributed by atoms with Crippen molar-refractivity contribution in [2.75, 3.05) is 7.11 Å². The molecule has 6 heteroatoms. The van der Waals surface area contributed by atoms with Crippen LogP contribution in [0.25, 0.3) is 11.3 Å². The number of hydrogen-bond donors (Lipinski definition) is 1. The molecule has 0 aliphatic carbocycles. The normalized spacial score (nSPS) is 10.2. The number of benzene rings is 1. The van der Waals surface area contributed by atoms with Crippen LogP contribution in [-0.4, -0.2) is 22.8 Å². The van der Waals surface area contributed by atoms with E-state index in [9.17, 15) is 9.59 Å². The number of methoxy groups -OCH3 is 1. The Balaban J connectivity index is 2.44. The summed E-state index contributed by atoms with van der Waals surface area (Å²) in [5, 5.41) is 4.11. The summed E-state index contributed by atoms with van der Waals surface area (Å²) in [6.45, 7) is -0.239. The van der Waals surface area contributed by atoms with E-state index in [1.807, 2.05) is 18.2 Å². The largest absolute Gasteiger partial charge is 0.497 e. The number of ether oxygens (including phenoxy) is 1. The van der Waals surface area contributed by atoms with Gasteiger partial charge < -0.3 is 10.5 Å². The van der Waals surface area contributed by atoms with Crippen molar-refractivity contribution in [1.82, 2.24) is 9.78 Å². The molecular weight excluding hydrogens is 246 g/mol. The number of hydrogen-bond acceptors (Lipinski definition) is 4. The minimum absolute atomic E-state index is 0.239. The van der Waals surface area contributed by atoms with Gasteiger partial charge in [0.2, 0.25) is 5.91 Å². The molecule has 0 unspecified atom stereocenters. The molecule has 1 aromatic carbocycles. The molecule has 2 aromatic rings. The highest BCUT2D eigenvalue weighted by molar-refractivity contribution is 5.73. The summed E-state index contributed by atoms with van der Waals surface area (Å²) in [5.41, 5.74) is 6.06. The van der Waals surface area contributed by atoms with Crippen LogP contribution >= 0.6 is 0 Å². The lowest BCUT2D eigenvalue weighted by Gasteiger charge is -2.06. The Kier molecular flexibility index (Phi) is 3.61. The van der Waals surface area contributed by atoms with Gasteiger partial charge in [0, 0.05) is 11.6 Å². The molecule has 0 bridgehead atoms. The van der Waals surface area contributed by atoms with Gasteiger partial charge in [-0.2, -0.15) is 5.10 Å². The summed E-state index contributed by atoms with van der Waals surface area (Å²) in [5.74, 6) is 0.0735. The molecule has 0 radical (unpaired) electrons. The van der Waals surface area contributed by atoms with Crippen molar-refractivity contribution in [3.8, 4) is 17.0 Å². The fourth-order valence-electron chi connectivity index (χ4n) is 1.65. The summed E-state index contributed by atoms with van der Waals surface area (Å²) in [6.07, 6.45) is 0. The van der Waals surface area contributed by atoms with Gasteiger partial charge in [-0.3, -0.25) is 9.59 Å². The van der Waals surface area contributed by atoms with E-state index >= 15 is 0 Å². The van der Waals surface area contributed by atoms with Gasteiger partial charge >= 0.3 is 0 Å². The molecule has 19 heavy (non-hydrogen) atoms. The SMILES string of the molecule is COc1cccc(-c2ccc(=O)n(CC(N)=O)n2)c1. The molecule has 6 nitrogen and oxygen atoms in total. The molecule has 0 saturated carbocycles. The van der Waals surface area contributed by atoms with Crippen molar-refractivity contribution < 1.29 is 9.53 Å². The molecule has 2 rings (SSSR count). The number of primary amides is 1. The lowest BCUT2D eigenvalue weighted by Crippen LogP contribution is -2.29. The summed E-state index contributed by atoms with van der Waals surface area (Å²) < 4.78 is 6.16. The first-order valence-corrected chi connectivity index (χ1v) is 5.61. The minimum Gasteiger partial charge on any atom is -0.497 e. The Hall–Kier alpha value is -2.63. The van der Waals surface area contributed by atoms with Gasteiger partial charge in [-0.1, -0.05) is 12.1 Å². The van der Waals surface area contributed by atoms with E-state index in [0.717, 1.165) is 10.2 Å². The van der Waals surface area contributed by atoms with E-state index in [4.69, 9.17) is 10.5 Å². The molecule has 0 saturated heterocycles. The molecule has 1 aromatic heterocycles. The van der Waals surface area contributed by atoms with Crippen molar-refractivity contribution >= 4 is 5.91 Å². The van der Waals surface area contributed by atoms with Crippen LogP contribution < -0.4 is 16.0 Å². The second-order valence-corrected chi connectivity index (χ2v) is 3.91. The van der Waals surface area contributed by atoms with Crippen molar-refractivity contribution in [3.63, 3.8) is 0 Å². The van der Waals surface area contributed by atoms with Crippen LogP contribution in [0.5, 0.6) is 5.75 Å². The van der Waals surface area contributed by atoms with Crippen molar-refractivity contribution in [2.45, 2.75) is 6.54 Å². The van der Waals surface area contributed by atoms with Crippen LogP contribution in [0, 0.1) is 0 Å². The smallest absolute Gasteiger partial charge is 0.267 e.